The SMILES string of the molecule is Fc1ccc(N2CCN(CCNc3ncnc4cccc(F)c34)CC2)cc1. The Morgan fingerprint density at radius 3 is 2.48 bits per heavy atom. The van der Waals surface area contributed by atoms with Gasteiger partial charge in [0.25, 0.3) is 0 Å². The van der Waals surface area contributed by atoms with Crippen molar-refractivity contribution in [2.75, 3.05) is 49.5 Å². The molecule has 0 radical (unpaired) electrons. The van der Waals surface area contributed by atoms with Crippen molar-refractivity contribution in [3.63, 3.8) is 0 Å². The minimum atomic E-state index is -0.316. The fourth-order valence-electron chi connectivity index (χ4n) is 3.42. The lowest BCUT2D eigenvalue weighted by molar-refractivity contribution is 0.267. The van der Waals surface area contributed by atoms with Crippen molar-refractivity contribution in [1.29, 1.82) is 0 Å². The van der Waals surface area contributed by atoms with Gasteiger partial charge in [0.2, 0.25) is 0 Å². The molecule has 1 aliphatic heterocycles. The van der Waals surface area contributed by atoms with Crippen molar-refractivity contribution in [2.24, 2.45) is 0 Å². The van der Waals surface area contributed by atoms with Crippen LogP contribution in [0.5, 0.6) is 0 Å². The van der Waals surface area contributed by atoms with Gasteiger partial charge in [-0.15, -0.1) is 0 Å². The number of nitrogens with zero attached hydrogens (tertiary/aromatic N) is 4. The van der Waals surface area contributed by atoms with Gasteiger partial charge in [0.05, 0.1) is 10.9 Å². The lowest BCUT2D eigenvalue weighted by Crippen LogP contribution is -2.47. The molecular weight excluding hydrogens is 348 g/mol. The predicted octanol–water partition coefficient (Wildman–Crippen LogP) is 3.14. The van der Waals surface area contributed by atoms with Crippen LogP contribution in [-0.4, -0.2) is 54.1 Å². The first kappa shape index (κ1) is 17.6. The highest BCUT2D eigenvalue weighted by molar-refractivity contribution is 5.89. The molecule has 0 amide bonds. The monoisotopic (exact) mass is 369 g/mol. The Labute approximate surface area is 156 Å². The van der Waals surface area contributed by atoms with Crippen molar-refractivity contribution in [1.82, 2.24) is 14.9 Å². The molecule has 5 nitrogen and oxygen atoms in total. The maximum absolute atomic E-state index is 14.1. The first-order valence-corrected chi connectivity index (χ1v) is 9.07. The van der Waals surface area contributed by atoms with E-state index in [2.05, 4.69) is 25.1 Å². The highest BCUT2D eigenvalue weighted by Gasteiger charge is 2.17. The van der Waals surface area contributed by atoms with Crippen LogP contribution in [0.3, 0.4) is 0 Å². The third-order valence-corrected chi connectivity index (χ3v) is 4.90. The van der Waals surface area contributed by atoms with Gasteiger partial charge in [0.1, 0.15) is 23.8 Å². The molecule has 0 spiro atoms. The summed E-state index contributed by atoms with van der Waals surface area (Å²) in [6, 6.07) is 11.5. The predicted molar refractivity (Wildman–Crippen MR) is 103 cm³/mol. The molecule has 1 aromatic heterocycles. The van der Waals surface area contributed by atoms with Gasteiger partial charge in [0.15, 0.2) is 0 Å². The molecule has 2 heterocycles. The summed E-state index contributed by atoms with van der Waals surface area (Å²) in [5, 5.41) is 3.67. The Morgan fingerprint density at radius 1 is 0.926 bits per heavy atom. The van der Waals surface area contributed by atoms with Crippen LogP contribution in [0.15, 0.2) is 48.8 Å². The van der Waals surface area contributed by atoms with Crippen molar-refractivity contribution in [3.05, 3.63) is 60.4 Å². The highest BCUT2D eigenvalue weighted by Crippen LogP contribution is 2.22. The largest absolute Gasteiger partial charge is 0.369 e. The van der Waals surface area contributed by atoms with E-state index in [-0.39, 0.29) is 11.6 Å². The minimum absolute atomic E-state index is 0.211. The van der Waals surface area contributed by atoms with Gasteiger partial charge in [0, 0.05) is 45.0 Å². The van der Waals surface area contributed by atoms with Gasteiger partial charge in [-0.3, -0.25) is 4.90 Å². The fourth-order valence-corrected chi connectivity index (χ4v) is 3.42. The number of hydrogen-bond acceptors (Lipinski definition) is 5. The van der Waals surface area contributed by atoms with Gasteiger partial charge < -0.3 is 10.2 Å². The molecule has 0 unspecified atom stereocenters. The van der Waals surface area contributed by atoms with Crippen LogP contribution in [0.25, 0.3) is 10.9 Å². The Balaban J connectivity index is 1.30. The third kappa shape index (κ3) is 3.98. The van der Waals surface area contributed by atoms with E-state index in [9.17, 15) is 8.78 Å². The first-order chi connectivity index (χ1) is 13.2. The Hall–Kier alpha value is -2.80. The quantitative estimate of drug-likeness (QED) is 0.749. The maximum Gasteiger partial charge on any atom is 0.140 e. The molecule has 7 heteroatoms. The van der Waals surface area contributed by atoms with Crippen LogP contribution in [0.4, 0.5) is 20.3 Å². The third-order valence-electron chi connectivity index (χ3n) is 4.90. The first-order valence-electron chi connectivity index (χ1n) is 9.07. The molecule has 1 saturated heterocycles. The van der Waals surface area contributed by atoms with Crippen LogP contribution >= 0.6 is 0 Å². The van der Waals surface area contributed by atoms with E-state index in [0.717, 1.165) is 38.4 Å². The molecule has 4 rings (SSSR count). The molecule has 27 heavy (non-hydrogen) atoms. The zero-order valence-electron chi connectivity index (χ0n) is 14.9. The zero-order chi connectivity index (χ0) is 18.6. The Kier molecular flexibility index (Phi) is 5.11. The van der Waals surface area contributed by atoms with Crippen LogP contribution in [0.2, 0.25) is 0 Å². The summed E-state index contributed by atoms with van der Waals surface area (Å²) in [5.41, 5.74) is 1.65. The summed E-state index contributed by atoms with van der Waals surface area (Å²) >= 11 is 0. The highest BCUT2D eigenvalue weighted by atomic mass is 19.1. The van der Waals surface area contributed by atoms with E-state index < -0.39 is 0 Å². The second-order valence-corrected chi connectivity index (χ2v) is 6.59. The van der Waals surface area contributed by atoms with E-state index in [0.29, 0.717) is 23.3 Å². The lowest BCUT2D eigenvalue weighted by Gasteiger charge is -2.36. The molecule has 140 valence electrons. The van der Waals surface area contributed by atoms with Crippen molar-refractivity contribution in [3.8, 4) is 0 Å². The molecule has 2 aromatic carbocycles. The number of fused-ring (bicyclic) bond motifs is 1. The second-order valence-electron chi connectivity index (χ2n) is 6.59. The van der Waals surface area contributed by atoms with E-state index in [1.807, 2.05) is 12.1 Å². The number of anilines is 2. The van der Waals surface area contributed by atoms with E-state index in [1.54, 1.807) is 12.1 Å². The number of benzene rings is 2. The molecule has 1 fully saturated rings. The maximum atomic E-state index is 14.1. The van der Waals surface area contributed by atoms with Crippen molar-refractivity contribution in [2.45, 2.75) is 0 Å². The van der Waals surface area contributed by atoms with E-state index in [4.69, 9.17) is 0 Å². The van der Waals surface area contributed by atoms with Gasteiger partial charge in [-0.2, -0.15) is 0 Å². The van der Waals surface area contributed by atoms with Crippen LogP contribution in [-0.2, 0) is 0 Å². The van der Waals surface area contributed by atoms with Gasteiger partial charge in [-0.25, -0.2) is 18.7 Å². The number of nitrogens with one attached hydrogen (secondary N) is 1. The molecular formula is C20H21F2N5. The number of hydrogen-bond donors (Lipinski definition) is 1. The van der Waals surface area contributed by atoms with Crippen LogP contribution in [0, 0.1) is 11.6 Å². The number of rotatable bonds is 5. The van der Waals surface area contributed by atoms with Crippen molar-refractivity contribution < 1.29 is 8.78 Å². The van der Waals surface area contributed by atoms with Gasteiger partial charge >= 0.3 is 0 Å². The number of piperazine rings is 1. The summed E-state index contributed by atoms with van der Waals surface area (Å²) in [4.78, 5) is 12.9. The molecule has 1 N–H and O–H groups in total. The van der Waals surface area contributed by atoms with Crippen molar-refractivity contribution >= 4 is 22.4 Å². The van der Waals surface area contributed by atoms with Gasteiger partial charge in [-0.1, -0.05) is 6.07 Å². The molecule has 0 saturated carbocycles. The molecule has 1 aliphatic rings. The van der Waals surface area contributed by atoms with Crippen LogP contribution in [0.1, 0.15) is 0 Å². The molecule has 3 aromatic rings. The lowest BCUT2D eigenvalue weighted by atomic mass is 10.2. The minimum Gasteiger partial charge on any atom is -0.369 e. The average Bonchev–Trinajstić information content (AvgIpc) is 2.69. The Morgan fingerprint density at radius 2 is 1.70 bits per heavy atom. The van der Waals surface area contributed by atoms with E-state index >= 15 is 0 Å². The average molecular weight is 369 g/mol. The second kappa shape index (κ2) is 7.84. The zero-order valence-corrected chi connectivity index (χ0v) is 14.9. The fraction of sp³-hybridized carbons (Fsp3) is 0.300. The molecule has 0 bridgehead atoms. The van der Waals surface area contributed by atoms with E-state index in [1.165, 1.54) is 24.5 Å². The normalized spacial score (nSPS) is 15.3. The number of aromatic nitrogens is 2. The summed E-state index contributed by atoms with van der Waals surface area (Å²) in [6.07, 6.45) is 1.45. The summed E-state index contributed by atoms with van der Waals surface area (Å²) < 4.78 is 27.1. The Bertz CT molecular complexity index is 903. The molecule has 0 atom stereocenters. The summed E-state index contributed by atoms with van der Waals surface area (Å²) in [5.74, 6) is 0.00343. The van der Waals surface area contributed by atoms with Crippen LogP contribution < -0.4 is 10.2 Å². The summed E-state index contributed by atoms with van der Waals surface area (Å²) in [6.45, 7) is 5.18. The molecule has 0 aliphatic carbocycles. The standard InChI is InChI=1S/C20H21F2N5/c21-15-4-6-16(7-5-15)27-12-10-26(11-13-27)9-8-23-20-19-17(22)2-1-3-18(19)24-14-25-20/h1-7,14H,8-13H2,(H,23,24,25). The topological polar surface area (TPSA) is 44.3 Å². The smallest absolute Gasteiger partial charge is 0.140 e. The summed E-state index contributed by atoms with van der Waals surface area (Å²) in [7, 11) is 0. The van der Waals surface area contributed by atoms with Gasteiger partial charge in [-0.05, 0) is 36.4 Å². The number of halogens is 2.